The van der Waals surface area contributed by atoms with E-state index in [1.807, 2.05) is 12.1 Å². The van der Waals surface area contributed by atoms with Crippen LogP contribution in [0.5, 0.6) is 0 Å². The van der Waals surface area contributed by atoms with E-state index in [1.54, 1.807) is 11.8 Å². The minimum atomic E-state index is -0.0744. The summed E-state index contributed by atoms with van der Waals surface area (Å²) in [6, 6.07) is 6.17. The van der Waals surface area contributed by atoms with Crippen LogP contribution in [0.2, 0.25) is 0 Å². The van der Waals surface area contributed by atoms with Crippen molar-refractivity contribution in [1.29, 1.82) is 0 Å². The number of ether oxygens (including phenoxy) is 1. The summed E-state index contributed by atoms with van der Waals surface area (Å²) in [6.07, 6.45) is 1.15. The van der Waals surface area contributed by atoms with Gasteiger partial charge in [-0.25, -0.2) is 0 Å². The first-order chi connectivity index (χ1) is 9.48. The summed E-state index contributed by atoms with van der Waals surface area (Å²) < 4.78 is 5.69. The van der Waals surface area contributed by atoms with Crippen molar-refractivity contribution in [3.63, 3.8) is 0 Å². The van der Waals surface area contributed by atoms with E-state index in [0.29, 0.717) is 4.99 Å². The molecule has 5 heteroatoms. The molecule has 0 aromatic heterocycles. The lowest BCUT2D eigenvalue weighted by atomic mass is 9.93. The maximum absolute atomic E-state index is 5.94. The maximum atomic E-state index is 5.94. The number of hydrogen-bond donors (Lipinski definition) is 2. The molecule has 1 aliphatic rings. The van der Waals surface area contributed by atoms with Crippen LogP contribution in [-0.4, -0.2) is 29.0 Å². The zero-order valence-electron chi connectivity index (χ0n) is 12.2. The van der Waals surface area contributed by atoms with Gasteiger partial charge in [0, 0.05) is 22.8 Å². The molecule has 110 valence electrons. The van der Waals surface area contributed by atoms with E-state index in [2.05, 4.69) is 32.2 Å². The smallest absolute Gasteiger partial charge is 0.107 e. The molecule has 0 amide bonds. The number of thioether (sulfide) groups is 1. The molecule has 20 heavy (non-hydrogen) atoms. The van der Waals surface area contributed by atoms with Gasteiger partial charge in [0.25, 0.3) is 0 Å². The Labute approximate surface area is 130 Å². The van der Waals surface area contributed by atoms with Crippen molar-refractivity contribution in [2.75, 3.05) is 17.7 Å². The Kier molecular flexibility index (Phi) is 4.94. The maximum Gasteiger partial charge on any atom is 0.107 e. The third kappa shape index (κ3) is 3.10. The highest BCUT2D eigenvalue weighted by atomic mass is 32.2. The van der Waals surface area contributed by atoms with Crippen LogP contribution in [0.3, 0.4) is 0 Å². The largest absolute Gasteiger partial charge is 0.389 e. The van der Waals surface area contributed by atoms with Crippen LogP contribution in [0.15, 0.2) is 23.1 Å². The highest BCUT2D eigenvalue weighted by Crippen LogP contribution is 2.34. The summed E-state index contributed by atoms with van der Waals surface area (Å²) in [4.78, 5) is 1.58. The number of hydrogen-bond acceptors (Lipinski definition) is 4. The molecule has 1 saturated heterocycles. The van der Waals surface area contributed by atoms with Crippen LogP contribution in [0.25, 0.3) is 0 Å². The predicted molar refractivity (Wildman–Crippen MR) is 90.8 cm³/mol. The van der Waals surface area contributed by atoms with E-state index >= 15 is 0 Å². The molecule has 0 saturated carbocycles. The van der Waals surface area contributed by atoms with Crippen LogP contribution in [0.4, 0.5) is 5.69 Å². The summed E-state index contributed by atoms with van der Waals surface area (Å²) in [5, 5.41) is 3.61. The van der Waals surface area contributed by atoms with Gasteiger partial charge in [-0.2, -0.15) is 0 Å². The van der Waals surface area contributed by atoms with E-state index < -0.39 is 0 Å². The topological polar surface area (TPSA) is 47.3 Å². The second-order valence-electron chi connectivity index (χ2n) is 5.28. The fourth-order valence-corrected chi connectivity index (χ4v) is 3.61. The lowest BCUT2D eigenvalue weighted by Gasteiger charge is -2.31. The Balaban J connectivity index is 2.36. The number of rotatable bonds is 5. The molecule has 0 aliphatic carbocycles. The van der Waals surface area contributed by atoms with Crippen molar-refractivity contribution in [3.05, 3.63) is 23.8 Å². The molecule has 1 heterocycles. The molecule has 1 aromatic carbocycles. The van der Waals surface area contributed by atoms with Crippen molar-refractivity contribution in [2.24, 2.45) is 5.73 Å². The van der Waals surface area contributed by atoms with Gasteiger partial charge >= 0.3 is 0 Å². The average Bonchev–Trinajstić information content (AvgIpc) is 2.69. The molecule has 2 atom stereocenters. The Hall–Kier alpha value is -0.780. The SMILES string of the molecule is CCSc1cccc(NC2(C)CCOC2C)c1C(N)=S. The summed E-state index contributed by atoms with van der Waals surface area (Å²) in [5.74, 6) is 0.996. The van der Waals surface area contributed by atoms with E-state index in [4.69, 9.17) is 22.7 Å². The molecular weight excluding hydrogens is 288 g/mol. The third-order valence-corrected chi connectivity index (χ3v) is 5.02. The molecule has 3 N–H and O–H groups in total. The summed E-state index contributed by atoms with van der Waals surface area (Å²) >= 11 is 7.01. The monoisotopic (exact) mass is 310 g/mol. The molecule has 2 unspecified atom stereocenters. The van der Waals surface area contributed by atoms with Gasteiger partial charge in [-0.1, -0.05) is 25.2 Å². The van der Waals surface area contributed by atoms with Crippen LogP contribution in [0.1, 0.15) is 32.8 Å². The predicted octanol–water partition coefficient (Wildman–Crippen LogP) is 3.41. The number of thiocarbonyl (C=S) groups is 1. The zero-order valence-corrected chi connectivity index (χ0v) is 13.9. The third-order valence-electron chi connectivity index (χ3n) is 3.88. The molecule has 0 radical (unpaired) electrons. The highest BCUT2D eigenvalue weighted by molar-refractivity contribution is 7.99. The summed E-state index contributed by atoms with van der Waals surface area (Å²) in [5.41, 5.74) is 7.83. The van der Waals surface area contributed by atoms with Gasteiger partial charge in [-0.3, -0.25) is 0 Å². The van der Waals surface area contributed by atoms with Gasteiger partial charge in [0.2, 0.25) is 0 Å². The van der Waals surface area contributed by atoms with Gasteiger partial charge in [-0.15, -0.1) is 11.8 Å². The summed E-state index contributed by atoms with van der Waals surface area (Å²) in [6.45, 7) is 7.21. The fourth-order valence-electron chi connectivity index (χ4n) is 2.47. The molecular formula is C15H22N2OS2. The second-order valence-corrected chi connectivity index (χ2v) is 7.03. The molecule has 0 spiro atoms. The van der Waals surface area contributed by atoms with Crippen LogP contribution >= 0.6 is 24.0 Å². The van der Waals surface area contributed by atoms with Crippen LogP contribution < -0.4 is 11.1 Å². The molecule has 0 bridgehead atoms. The number of nitrogens with two attached hydrogens (primary N) is 1. The molecule has 3 nitrogen and oxygen atoms in total. The van der Waals surface area contributed by atoms with Crippen molar-refractivity contribution in [2.45, 2.75) is 43.7 Å². The van der Waals surface area contributed by atoms with E-state index in [0.717, 1.165) is 34.9 Å². The van der Waals surface area contributed by atoms with E-state index in [-0.39, 0.29) is 11.6 Å². The normalized spacial score (nSPS) is 25.6. The zero-order chi connectivity index (χ0) is 14.8. The van der Waals surface area contributed by atoms with E-state index in [9.17, 15) is 0 Å². The Bertz CT molecular complexity index is 507. The highest BCUT2D eigenvalue weighted by Gasteiger charge is 2.37. The quantitative estimate of drug-likeness (QED) is 0.644. The first kappa shape index (κ1) is 15.6. The van der Waals surface area contributed by atoms with Gasteiger partial charge in [0.1, 0.15) is 4.99 Å². The lowest BCUT2D eigenvalue weighted by molar-refractivity contribution is 0.105. The Morgan fingerprint density at radius 2 is 2.35 bits per heavy atom. The van der Waals surface area contributed by atoms with Crippen LogP contribution in [-0.2, 0) is 4.74 Å². The van der Waals surface area contributed by atoms with Gasteiger partial charge in [0.15, 0.2) is 0 Å². The van der Waals surface area contributed by atoms with Crippen molar-refractivity contribution >= 4 is 34.7 Å². The van der Waals surface area contributed by atoms with Crippen molar-refractivity contribution < 1.29 is 4.74 Å². The molecule has 1 aromatic rings. The van der Waals surface area contributed by atoms with E-state index in [1.165, 1.54) is 0 Å². The first-order valence-corrected chi connectivity index (χ1v) is 8.32. The molecule has 2 rings (SSSR count). The van der Waals surface area contributed by atoms with Gasteiger partial charge < -0.3 is 15.8 Å². The van der Waals surface area contributed by atoms with Gasteiger partial charge in [0.05, 0.1) is 11.6 Å². The average molecular weight is 310 g/mol. The first-order valence-electron chi connectivity index (χ1n) is 6.93. The Morgan fingerprint density at radius 3 is 2.90 bits per heavy atom. The number of anilines is 1. The summed E-state index contributed by atoms with van der Waals surface area (Å²) in [7, 11) is 0. The fraction of sp³-hybridized carbons (Fsp3) is 0.533. The number of benzene rings is 1. The standard InChI is InChI=1S/C15H22N2OS2/c1-4-20-12-7-5-6-11(13(12)14(16)19)17-15(3)8-9-18-10(15)2/h5-7,10,17H,4,8-9H2,1-3H3,(H2,16,19). The molecule has 1 fully saturated rings. The minimum Gasteiger partial charge on any atom is -0.389 e. The van der Waals surface area contributed by atoms with Crippen molar-refractivity contribution in [3.8, 4) is 0 Å². The Morgan fingerprint density at radius 1 is 1.60 bits per heavy atom. The number of nitrogens with one attached hydrogen (secondary N) is 1. The van der Waals surface area contributed by atoms with Gasteiger partial charge in [-0.05, 0) is 38.2 Å². The van der Waals surface area contributed by atoms with Crippen LogP contribution in [0, 0.1) is 0 Å². The lowest BCUT2D eigenvalue weighted by Crippen LogP contribution is -2.41. The minimum absolute atomic E-state index is 0.0744. The van der Waals surface area contributed by atoms with Crippen molar-refractivity contribution in [1.82, 2.24) is 0 Å². The molecule has 1 aliphatic heterocycles. The second kappa shape index (κ2) is 6.33.